The highest BCUT2D eigenvalue weighted by atomic mass is 16.6. The number of H-pyrrole nitrogens is 1. The Bertz CT molecular complexity index is 467. The van der Waals surface area contributed by atoms with Crippen molar-refractivity contribution in [3.8, 4) is 0 Å². The molecule has 2 rings (SSSR count). The standard InChI is InChI=1S/C9H8N4O2/c14-13(15)9-7(3-5-11-12-9)6-8-2-1-4-10-8/h1-5,10H,6H2. The minimum Gasteiger partial charge on any atom is -0.365 e. The lowest BCUT2D eigenvalue weighted by atomic mass is 10.1. The predicted molar refractivity (Wildman–Crippen MR) is 52.3 cm³/mol. The van der Waals surface area contributed by atoms with E-state index in [0.29, 0.717) is 12.0 Å². The maximum atomic E-state index is 10.6. The highest BCUT2D eigenvalue weighted by Gasteiger charge is 2.15. The summed E-state index contributed by atoms with van der Waals surface area (Å²) in [5.41, 5.74) is 1.46. The largest absolute Gasteiger partial charge is 0.394 e. The van der Waals surface area contributed by atoms with Crippen LogP contribution in [-0.4, -0.2) is 20.1 Å². The number of nitrogens with zero attached hydrogens (tertiary/aromatic N) is 3. The summed E-state index contributed by atoms with van der Waals surface area (Å²) in [5.74, 6) is -0.188. The zero-order valence-corrected chi connectivity index (χ0v) is 7.75. The smallest absolute Gasteiger partial charge is 0.365 e. The summed E-state index contributed by atoms with van der Waals surface area (Å²) in [6.07, 6.45) is 3.68. The lowest BCUT2D eigenvalue weighted by molar-refractivity contribution is -0.390. The van der Waals surface area contributed by atoms with Crippen LogP contribution in [0.3, 0.4) is 0 Å². The Balaban J connectivity index is 2.32. The number of nitrogens with one attached hydrogen (secondary N) is 1. The third-order valence-corrected chi connectivity index (χ3v) is 2.00. The van der Waals surface area contributed by atoms with Crippen molar-refractivity contribution in [2.75, 3.05) is 0 Å². The van der Waals surface area contributed by atoms with Gasteiger partial charge in [-0.15, -0.1) is 0 Å². The Morgan fingerprint density at radius 1 is 1.47 bits per heavy atom. The minimum absolute atomic E-state index is 0.188. The van der Waals surface area contributed by atoms with E-state index < -0.39 is 4.92 Å². The fraction of sp³-hybridized carbons (Fsp3) is 0.111. The maximum absolute atomic E-state index is 10.6. The molecule has 76 valence electrons. The second kappa shape index (κ2) is 3.87. The van der Waals surface area contributed by atoms with Crippen molar-refractivity contribution in [3.63, 3.8) is 0 Å². The van der Waals surface area contributed by atoms with Crippen LogP contribution < -0.4 is 0 Å². The summed E-state index contributed by atoms with van der Waals surface area (Å²) in [6, 6.07) is 5.31. The van der Waals surface area contributed by atoms with Crippen molar-refractivity contribution in [2.45, 2.75) is 6.42 Å². The van der Waals surface area contributed by atoms with E-state index in [0.717, 1.165) is 5.69 Å². The molecule has 0 aliphatic carbocycles. The molecule has 0 saturated heterocycles. The Hall–Kier alpha value is -2.24. The first-order valence-electron chi connectivity index (χ1n) is 4.34. The van der Waals surface area contributed by atoms with E-state index in [4.69, 9.17) is 0 Å². The van der Waals surface area contributed by atoms with Crippen LogP contribution in [0.2, 0.25) is 0 Å². The molecule has 15 heavy (non-hydrogen) atoms. The topological polar surface area (TPSA) is 84.7 Å². The lowest BCUT2D eigenvalue weighted by Crippen LogP contribution is -2.00. The second-order valence-electron chi connectivity index (χ2n) is 3.01. The third kappa shape index (κ3) is 1.98. The van der Waals surface area contributed by atoms with Crippen LogP contribution in [0, 0.1) is 10.1 Å². The van der Waals surface area contributed by atoms with Gasteiger partial charge in [-0.2, -0.15) is 0 Å². The number of hydrogen-bond donors (Lipinski definition) is 1. The molecule has 0 fully saturated rings. The molecule has 0 bridgehead atoms. The summed E-state index contributed by atoms with van der Waals surface area (Å²) >= 11 is 0. The van der Waals surface area contributed by atoms with Gasteiger partial charge in [0, 0.05) is 18.3 Å². The summed E-state index contributed by atoms with van der Waals surface area (Å²) in [5, 5.41) is 17.6. The van der Waals surface area contributed by atoms with Crippen LogP contribution in [0.4, 0.5) is 5.82 Å². The average Bonchev–Trinajstić information content (AvgIpc) is 2.71. The molecule has 0 radical (unpaired) electrons. The van der Waals surface area contributed by atoms with Crippen molar-refractivity contribution in [3.05, 3.63) is 52.0 Å². The molecule has 2 heterocycles. The van der Waals surface area contributed by atoms with E-state index in [9.17, 15) is 10.1 Å². The molecular formula is C9H8N4O2. The summed E-state index contributed by atoms with van der Waals surface area (Å²) in [7, 11) is 0. The Morgan fingerprint density at radius 3 is 3.00 bits per heavy atom. The molecule has 0 aliphatic heterocycles. The predicted octanol–water partition coefficient (Wildman–Crippen LogP) is 1.30. The van der Waals surface area contributed by atoms with Gasteiger partial charge in [-0.3, -0.25) is 0 Å². The van der Waals surface area contributed by atoms with Gasteiger partial charge in [0.05, 0.1) is 16.9 Å². The number of aromatic amines is 1. The molecule has 0 unspecified atom stereocenters. The van der Waals surface area contributed by atoms with Gasteiger partial charge in [-0.05, 0) is 28.2 Å². The van der Waals surface area contributed by atoms with E-state index in [1.165, 1.54) is 6.20 Å². The summed E-state index contributed by atoms with van der Waals surface area (Å²) in [6.45, 7) is 0. The molecular weight excluding hydrogens is 196 g/mol. The van der Waals surface area contributed by atoms with E-state index in [-0.39, 0.29) is 5.82 Å². The quantitative estimate of drug-likeness (QED) is 0.603. The molecule has 0 saturated carbocycles. The number of rotatable bonds is 3. The van der Waals surface area contributed by atoms with Crippen LogP contribution in [0.15, 0.2) is 30.6 Å². The zero-order chi connectivity index (χ0) is 10.7. The van der Waals surface area contributed by atoms with Crippen molar-refractivity contribution < 1.29 is 4.92 Å². The molecule has 0 aliphatic rings. The normalized spacial score (nSPS) is 10.1. The van der Waals surface area contributed by atoms with E-state index in [1.54, 1.807) is 12.3 Å². The van der Waals surface area contributed by atoms with Gasteiger partial charge in [-0.1, -0.05) is 0 Å². The molecule has 0 aromatic carbocycles. The highest BCUT2D eigenvalue weighted by Crippen LogP contribution is 2.16. The molecule has 0 spiro atoms. The highest BCUT2D eigenvalue weighted by molar-refractivity contribution is 5.33. The first kappa shape index (κ1) is 9.32. The van der Waals surface area contributed by atoms with Crippen molar-refractivity contribution in [2.24, 2.45) is 0 Å². The maximum Gasteiger partial charge on any atom is 0.394 e. The van der Waals surface area contributed by atoms with E-state index in [2.05, 4.69) is 15.2 Å². The molecule has 1 N–H and O–H groups in total. The van der Waals surface area contributed by atoms with Gasteiger partial charge in [0.1, 0.15) is 0 Å². The molecule has 2 aromatic rings. The van der Waals surface area contributed by atoms with Crippen LogP contribution in [0.25, 0.3) is 0 Å². The number of hydrogen-bond acceptors (Lipinski definition) is 4. The molecule has 6 nitrogen and oxygen atoms in total. The van der Waals surface area contributed by atoms with Gasteiger partial charge >= 0.3 is 5.82 Å². The lowest BCUT2D eigenvalue weighted by Gasteiger charge is -1.98. The fourth-order valence-electron chi connectivity index (χ4n) is 1.32. The van der Waals surface area contributed by atoms with Crippen LogP contribution in [-0.2, 0) is 6.42 Å². The van der Waals surface area contributed by atoms with Gasteiger partial charge < -0.3 is 15.1 Å². The summed E-state index contributed by atoms with van der Waals surface area (Å²) < 4.78 is 0. The zero-order valence-electron chi connectivity index (χ0n) is 7.75. The second-order valence-corrected chi connectivity index (χ2v) is 3.01. The number of aromatic nitrogens is 3. The fourth-order valence-corrected chi connectivity index (χ4v) is 1.32. The summed E-state index contributed by atoms with van der Waals surface area (Å²) in [4.78, 5) is 13.1. The van der Waals surface area contributed by atoms with Gasteiger partial charge in [-0.25, -0.2) is 0 Å². The average molecular weight is 204 g/mol. The van der Waals surface area contributed by atoms with Crippen LogP contribution in [0.1, 0.15) is 11.3 Å². The Kier molecular flexibility index (Phi) is 2.40. The van der Waals surface area contributed by atoms with Gasteiger partial charge in [0.25, 0.3) is 0 Å². The van der Waals surface area contributed by atoms with Crippen LogP contribution in [0.5, 0.6) is 0 Å². The van der Waals surface area contributed by atoms with E-state index >= 15 is 0 Å². The monoisotopic (exact) mass is 204 g/mol. The molecule has 0 amide bonds. The Morgan fingerprint density at radius 2 is 2.33 bits per heavy atom. The first-order valence-corrected chi connectivity index (χ1v) is 4.34. The van der Waals surface area contributed by atoms with Crippen molar-refractivity contribution in [1.82, 2.24) is 15.2 Å². The Labute approximate surface area is 85.1 Å². The van der Waals surface area contributed by atoms with Crippen molar-refractivity contribution in [1.29, 1.82) is 0 Å². The molecule has 0 atom stereocenters. The van der Waals surface area contributed by atoms with Crippen molar-refractivity contribution >= 4 is 5.82 Å². The minimum atomic E-state index is -0.523. The van der Waals surface area contributed by atoms with E-state index in [1.807, 2.05) is 12.1 Å². The third-order valence-electron chi connectivity index (χ3n) is 2.00. The molecule has 2 aromatic heterocycles. The first-order chi connectivity index (χ1) is 7.27. The molecule has 6 heteroatoms. The van der Waals surface area contributed by atoms with Crippen LogP contribution >= 0.6 is 0 Å². The SMILES string of the molecule is O=[N+]([O-])c1nnccc1Cc1ccc[nH]1. The van der Waals surface area contributed by atoms with Gasteiger partial charge in [0.15, 0.2) is 0 Å². The van der Waals surface area contributed by atoms with Gasteiger partial charge in [0.2, 0.25) is 0 Å². The number of nitro groups is 1.